The summed E-state index contributed by atoms with van der Waals surface area (Å²) in [5.74, 6) is 0.0642. The number of pyridine rings is 1. The summed E-state index contributed by atoms with van der Waals surface area (Å²) >= 11 is 0. The van der Waals surface area contributed by atoms with Gasteiger partial charge >= 0.3 is 0 Å². The van der Waals surface area contributed by atoms with Crippen LogP contribution in [0, 0.1) is 5.82 Å². The molecule has 30 heavy (non-hydrogen) atoms. The predicted octanol–water partition coefficient (Wildman–Crippen LogP) is 4.43. The summed E-state index contributed by atoms with van der Waals surface area (Å²) in [5, 5.41) is 7.88. The van der Waals surface area contributed by atoms with Crippen LogP contribution in [0.5, 0.6) is 5.75 Å². The number of rotatable bonds is 6. The lowest BCUT2D eigenvalue weighted by Crippen LogP contribution is -2.26. The topological polar surface area (TPSA) is 71.1 Å². The van der Waals surface area contributed by atoms with Crippen LogP contribution in [-0.4, -0.2) is 39.6 Å². The van der Waals surface area contributed by atoms with E-state index in [1.165, 1.54) is 12.1 Å². The minimum atomic E-state index is -0.323. The number of benzene rings is 2. The maximum Gasteiger partial charge on any atom is 0.254 e. The number of halogens is 1. The highest BCUT2D eigenvalue weighted by Gasteiger charge is 2.17. The average molecular weight is 404 g/mol. The fourth-order valence-corrected chi connectivity index (χ4v) is 3.42. The lowest BCUT2D eigenvalue weighted by Gasteiger charge is -2.19. The van der Waals surface area contributed by atoms with E-state index in [1.807, 2.05) is 13.0 Å². The quantitative estimate of drug-likeness (QED) is 0.516. The Hall–Kier alpha value is -3.74. The van der Waals surface area contributed by atoms with E-state index in [4.69, 9.17) is 4.74 Å². The van der Waals surface area contributed by atoms with Gasteiger partial charge in [0.15, 0.2) is 0 Å². The van der Waals surface area contributed by atoms with E-state index in [0.29, 0.717) is 30.0 Å². The van der Waals surface area contributed by atoms with Gasteiger partial charge in [-0.3, -0.25) is 14.9 Å². The molecule has 4 aromatic rings. The van der Waals surface area contributed by atoms with Crippen LogP contribution in [0.15, 0.2) is 61.1 Å². The van der Waals surface area contributed by atoms with Crippen LogP contribution in [-0.2, 0) is 6.54 Å². The zero-order valence-electron chi connectivity index (χ0n) is 16.7. The molecule has 0 unspecified atom stereocenters. The summed E-state index contributed by atoms with van der Waals surface area (Å²) in [6.07, 6.45) is 5.15. The van der Waals surface area contributed by atoms with Crippen molar-refractivity contribution < 1.29 is 13.9 Å². The van der Waals surface area contributed by atoms with E-state index in [-0.39, 0.29) is 11.7 Å². The van der Waals surface area contributed by atoms with Crippen molar-refractivity contribution in [2.45, 2.75) is 13.5 Å². The first-order valence-electron chi connectivity index (χ1n) is 9.61. The Labute approximate surface area is 173 Å². The summed E-state index contributed by atoms with van der Waals surface area (Å²) in [7, 11) is 1.73. The van der Waals surface area contributed by atoms with E-state index < -0.39 is 0 Å². The van der Waals surface area contributed by atoms with Gasteiger partial charge in [0, 0.05) is 48.1 Å². The molecule has 2 aromatic heterocycles. The number of nitrogens with one attached hydrogen (secondary N) is 1. The third kappa shape index (κ3) is 3.87. The fourth-order valence-electron chi connectivity index (χ4n) is 3.42. The van der Waals surface area contributed by atoms with Crippen LogP contribution in [0.4, 0.5) is 4.39 Å². The Balaban J connectivity index is 1.62. The lowest BCUT2D eigenvalue weighted by atomic mass is 10.0. The summed E-state index contributed by atoms with van der Waals surface area (Å²) in [6, 6.07) is 11.5. The molecule has 0 spiro atoms. The van der Waals surface area contributed by atoms with Gasteiger partial charge in [0.25, 0.3) is 5.91 Å². The van der Waals surface area contributed by atoms with Crippen molar-refractivity contribution in [2.24, 2.45) is 0 Å². The standard InChI is InChI=1S/C23H21FN4O2/c1-3-30-21-10-16(7-8-20(21)15-5-4-6-19(24)9-15)23(29)28(2)14-18-12-25-11-17-13-26-27-22(17)18/h4-13H,3,14H2,1-2H3,(H,26,27). The van der Waals surface area contributed by atoms with Crippen molar-refractivity contribution >= 4 is 16.8 Å². The molecule has 0 radical (unpaired) electrons. The molecule has 0 fully saturated rings. The van der Waals surface area contributed by atoms with Crippen molar-refractivity contribution in [3.63, 3.8) is 0 Å². The molecule has 1 N–H and O–H groups in total. The number of aromatic amines is 1. The third-order valence-electron chi connectivity index (χ3n) is 4.85. The minimum Gasteiger partial charge on any atom is -0.493 e. The molecule has 4 rings (SSSR count). The first-order chi connectivity index (χ1) is 14.6. The summed E-state index contributed by atoms with van der Waals surface area (Å²) in [6.45, 7) is 2.68. The number of fused-ring (bicyclic) bond motifs is 1. The van der Waals surface area contributed by atoms with Gasteiger partial charge in [-0.2, -0.15) is 5.10 Å². The van der Waals surface area contributed by atoms with Crippen LogP contribution >= 0.6 is 0 Å². The zero-order chi connectivity index (χ0) is 21.1. The molecule has 6 nitrogen and oxygen atoms in total. The summed E-state index contributed by atoms with van der Waals surface area (Å²) in [4.78, 5) is 18.9. The van der Waals surface area contributed by atoms with E-state index in [2.05, 4.69) is 15.2 Å². The van der Waals surface area contributed by atoms with Crippen molar-refractivity contribution in [3.05, 3.63) is 78.0 Å². The molecule has 0 aliphatic carbocycles. The van der Waals surface area contributed by atoms with Crippen molar-refractivity contribution in [2.75, 3.05) is 13.7 Å². The zero-order valence-corrected chi connectivity index (χ0v) is 16.7. The van der Waals surface area contributed by atoms with Gasteiger partial charge in [-0.15, -0.1) is 0 Å². The third-order valence-corrected chi connectivity index (χ3v) is 4.85. The van der Waals surface area contributed by atoms with Crippen LogP contribution in [0.25, 0.3) is 22.0 Å². The van der Waals surface area contributed by atoms with Gasteiger partial charge in [0.2, 0.25) is 0 Å². The second kappa shape index (κ2) is 8.32. The van der Waals surface area contributed by atoms with Gasteiger partial charge in [0.05, 0.1) is 18.3 Å². The highest BCUT2D eigenvalue weighted by molar-refractivity contribution is 5.95. The monoisotopic (exact) mass is 404 g/mol. The maximum atomic E-state index is 13.7. The predicted molar refractivity (Wildman–Crippen MR) is 113 cm³/mol. The number of hydrogen-bond acceptors (Lipinski definition) is 4. The number of amides is 1. The molecule has 152 valence electrons. The maximum absolute atomic E-state index is 13.7. The Morgan fingerprint density at radius 2 is 2.03 bits per heavy atom. The molecule has 0 aliphatic rings. The van der Waals surface area contributed by atoms with E-state index in [0.717, 1.165) is 22.0 Å². The lowest BCUT2D eigenvalue weighted by molar-refractivity contribution is 0.0785. The Kier molecular flexibility index (Phi) is 5.43. The van der Waals surface area contributed by atoms with Crippen molar-refractivity contribution in [1.29, 1.82) is 0 Å². The molecule has 0 aliphatic heterocycles. The smallest absolute Gasteiger partial charge is 0.254 e. The van der Waals surface area contributed by atoms with Gasteiger partial charge in [0.1, 0.15) is 11.6 Å². The number of H-pyrrole nitrogens is 1. The molecule has 0 saturated carbocycles. The Morgan fingerprint density at radius 3 is 2.83 bits per heavy atom. The largest absolute Gasteiger partial charge is 0.493 e. The summed E-state index contributed by atoms with van der Waals surface area (Å²) in [5.41, 5.74) is 3.67. The number of carbonyl (C=O) groups is 1. The first-order valence-corrected chi connectivity index (χ1v) is 9.61. The van der Waals surface area contributed by atoms with Crippen molar-refractivity contribution in [3.8, 4) is 16.9 Å². The van der Waals surface area contributed by atoms with Crippen LogP contribution in [0.3, 0.4) is 0 Å². The van der Waals surface area contributed by atoms with E-state index >= 15 is 0 Å². The summed E-state index contributed by atoms with van der Waals surface area (Å²) < 4.78 is 19.4. The van der Waals surface area contributed by atoms with Gasteiger partial charge in [-0.25, -0.2) is 4.39 Å². The van der Waals surface area contributed by atoms with E-state index in [1.54, 1.807) is 54.8 Å². The molecule has 2 heterocycles. The SMILES string of the molecule is CCOc1cc(C(=O)N(C)Cc2cncc3cn[nH]c23)ccc1-c1cccc(F)c1. The molecule has 0 bridgehead atoms. The minimum absolute atomic E-state index is 0.154. The number of nitrogens with zero attached hydrogens (tertiary/aromatic N) is 3. The number of ether oxygens (including phenoxy) is 1. The number of hydrogen-bond donors (Lipinski definition) is 1. The number of aromatic nitrogens is 3. The molecule has 0 saturated heterocycles. The van der Waals surface area contributed by atoms with Crippen LogP contribution in [0.2, 0.25) is 0 Å². The molecule has 7 heteroatoms. The average Bonchev–Trinajstić information content (AvgIpc) is 3.23. The highest BCUT2D eigenvalue weighted by atomic mass is 19.1. The second-order valence-corrected chi connectivity index (χ2v) is 6.95. The number of carbonyl (C=O) groups excluding carboxylic acids is 1. The molecular weight excluding hydrogens is 383 g/mol. The highest BCUT2D eigenvalue weighted by Crippen LogP contribution is 2.32. The van der Waals surface area contributed by atoms with Gasteiger partial charge in [-0.05, 0) is 42.8 Å². The van der Waals surface area contributed by atoms with Crippen LogP contribution < -0.4 is 4.74 Å². The normalized spacial score (nSPS) is 10.9. The van der Waals surface area contributed by atoms with Gasteiger partial charge in [-0.1, -0.05) is 12.1 Å². The van der Waals surface area contributed by atoms with E-state index in [9.17, 15) is 9.18 Å². The first kappa shape index (κ1) is 19.6. The Bertz CT molecular complexity index is 1200. The van der Waals surface area contributed by atoms with Crippen LogP contribution in [0.1, 0.15) is 22.8 Å². The molecule has 1 amide bonds. The van der Waals surface area contributed by atoms with Gasteiger partial charge < -0.3 is 9.64 Å². The van der Waals surface area contributed by atoms with Crippen molar-refractivity contribution in [1.82, 2.24) is 20.1 Å². The Morgan fingerprint density at radius 1 is 1.17 bits per heavy atom. The second-order valence-electron chi connectivity index (χ2n) is 6.95. The molecule has 2 aromatic carbocycles. The molecule has 0 atom stereocenters. The fraction of sp³-hybridized carbons (Fsp3) is 0.174. The molecular formula is C23H21FN4O2.